The fourth-order valence-corrected chi connectivity index (χ4v) is 2.53. The van der Waals surface area contributed by atoms with Crippen molar-refractivity contribution < 1.29 is 9.59 Å². The summed E-state index contributed by atoms with van der Waals surface area (Å²) in [7, 11) is 0. The second-order valence-corrected chi connectivity index (χ2v) is 5.33. The highest BCUT2D eigenvalue weighted by atomic mass is 16.2. The fraction of sp³-hybridized carbons (Fsp3) is 0.833. The van der Waals surface area contributed by atoms with Gasteiger partial charge in [0.15, 0.2) is 0 Å². The molecule has 94 valence electrons. The van der Waals surface area contributed by atoms with Crippen molar-refractivity contribution in [1.29, 1.82) is 0 Å². The molecule has 2 N–H and O–H groups in total. The number of hydrogen-bond acceptors (Lipinski definition) is 3. The quantitative estimate of drug-likeness (QED) is 0.694. The van der Waals surface area contributed by atoms with Gasteiger partial charge >= 0.3 is 0 Å². The van der Waals surface area contributed by atoms with Crippen LogP contribution in [-0.2, 0) is 9.59 Å². The molecule has 3 aliphatic rings. The van der Waals surface area contributed by atoms with E-state index in [1.807, 2.05) is 0 Å². The van der Waals surface area contributed by atoms with Crippen LogP contribution >= 0.6 is 0 Å². The Morgan fingerprint density at radius 3 is 2.53 bits per heavy atom. The minimum atomic E-state index is -0.205. The number of likely N-dealkylation sites (tertiary alicyclic amines) is 1. The van der Waals surface area contributed by atoms with Crippen LogP contribution in [0.4, 0.5) is 0 Å². The van der Waals surface area contributed by atoms with Crippen LogP contribution in [0.3, 0.4) is 0 Å². The van der Waals surface area contributed by atoms with Crippen molar-refractivity contribution >= 4 is 11.8 Å². The number of amides is 2. The van der Waals surface area contributed by atoms with E-state index in [9.17, 15) is 9.59 Å². The van der Waals surface area contributed by atoms with E-state index in [4.69, 9.17) is 0 Å². The largest absolute Gasteiger partial charge is 0.352 e. The number of rotatable bonds is 3. The van der Waals surface area contributed by atoms with E-state index in [-0.39, 0.29) is 23.8 Å². The SMILES string of the molecule is O=C(NC1CC1)C1CCCN1C(=O)C1CNC1. The van der Waals surface area contributed by atoms with Crippen molar-refractivity contribution in [2.75, 3.05) is 19.6 Å². The summed E-state index contributed by atoms with van der Waals surface area (Å²) in [5.74, 6) is 0.326. The van der Waals surface area contributed by atoms with Crippen LogP contribution in [0.2, 0.25) is 0 Å². The molecule has 1 unspecified atom stereocenters. The van der Waals surface area contributed by atoms with E-state index in [1.54, 1.807) is 4.90 Å². The molecule has 0 bridgehead atoms. The van der Waals surface area contributed by atoms with Crippen LogP contribution in [0.15, 0.2) is 0 Å². The van der Waals surface area contributed by atoms with Gasteiger partial charge in [-0.3, -0.25) is 9.59 Å². The van der Waals surface area contributed by atoms with Gasteiger partial charge in [-0.2, -0.15) is 0 Å². The molecule has 0 aromatic carbocycles. The van der Waals surface area contributed by atoms with E-state index in [0.29, 0.717) is 6.04 Å². The lowest BCUT2D eigenvalue weighted by molar-refractivity contribution is -0.142. The Hall–Kier alpha value is -1.10. The maximum Gasteiger partial charge on any atom is 0.243 e. The van der Waals surface area contributed by atoms with Gasteiger partial charge in [0.05, 0.1) is 5.92 Å². The van der Waals surface area contributed by atoms with Crippen molar-refractivity contribution in [2.45, 2.75) is 37.8 Å². The van der Waals surface area contributed by atoms with E-state index < -0.39 is 0 Å². The molecule has 1 atom stereocenters. The van der Waals surface area contributed by atoms with E-state index in [1.165, 1.54) is 0 Å². The predicted molar refractivity (Wildman–Crippen MR) is 62.3 cm³/mol. The number of nitrogens with one attached hydrogen (secondary N) is 2. The van der Waals surface area contributed by atoms with Crippen molar-refractivity contribution in [3.8, 4) is 0 Å². The number of carbonyl (C=O) groups is 2. The zero-order valence-corrected chi connectivity index (χ0v) is 9.95. The first kappa shape index (κ1) is 11.0. The predicted octanol–water partition coefficient (Wildman–Crippen LogP) is -0.525. The van der Waals surface area contributed by atoms with Crippen molar-refractivity contribution in [2.24, 2.45) is 5.92 Å². The van der Waals surface area contributed by atoms with Gasteiger partial charge in [-0.25, -0.2) is 0 Å². The summed E-state index contributed by atoms with van der Waals surface area (Å²) in [6.07, 6.45) is 3.97. The first-order chi connectivity index (χ1) is 8.25. The number of nitrogens with zero attached hydrogens (tertiary/aromatic N) is 1. The lowest BCUT2D eigenvalue weighted by atomic mass is 10.0. The Balaban J connectivity index is 1.61. The molecule has 0 aromatic heterocycles. The zero-order chi connectivity index (χ0) is 11.8. The van der Waals surface area contributed by atoms with E-state index in [2.05, 4.69) is 10.6 Å². The molecule has 5 heteroatoms. The molecule has 2 aliphatic heterocycles. The third kappa shape index (κ3) is 2.16. The molecule has 2 heterocycles. The molecule has 0 spiro atoms. The normalized spacial score (nSPS) is 28.9. The van der Waals surface area contributed by atoms with Gasteiger partial charge in [0.1, 0.15) is 6.04 Å². The molecule has 1 saturated carbocycles. The summed E-state index contributed by atoms with van der Waals surface area (Å²) < 4.78 is 0. The van der Waals surface area contributed by atoms with Crippen molar-refractivity contribution in [1.82, 2.24) is 15.5 Å². The van der Waals surface area contributed by atoms with Gasteiger partial charge in [0.2, 0.25) is 11.8 Å². The third-order valence-corrected chi connectivity index (χ3v) is 3.89. The van der Waals surface area contributed by atoms with Crippen LogP contribution in [0.1, 0.15) is 25.7 Å². The van der Waals surface area contributed by atoms with E-state index >= 15 is 0 Å². The molecular formula is C12H19N3O2. The molecule has 1 aliphatic carbocycles. The lowest BCUT2D eigenvalue weighted by Crippen LogP contribution is -2.55. The second-order valence-electron chi connectivity index (χ2n) is 5.33. The van der Waals surface area contributed by atoms with E-state index in [0.717, 1.165) is 45.3 Å². The molecule has 5 nitrogen and oxygen atoms in total. The smallest absolute Gasteiger partial charge is 0.243 e. The molecular weight excluding hydrogens is 218 g/mol. The van der Waals surface area contributed by atoms with Gasteiger partial charge in [-0.05, 0) is 25.7 Å². The molecule has 2 saturated heterocycles. The van der Waals surface area contributed by atoms with Gasteiger partial charge in [0.25, 0.3) is 0 Å². The standard InChI is InChI=1S/C12H19N3O2/c16-11(14-9-3-4-9)10-2-1-5-15(10)12(17)8-6-13-7-8/h8-10,13H,1-7H2,(H,14,16). The molecule has 17 heavy (non-hydrogen) atoms. The minimum absolute atomic E-state index is 0.0608. The summed E-state index contributed by atoms with van der Waals surface area (Å²) in [5.41, 5.74) is 0. The van der Waals surface area contributed by atoms with Gasteiger partial charge in [-0.15, -0.1) is 0 Å². The van der Waals surface area contributed by atoms with Crippen LogP contribution in [-0.4, -0.2) is 48.4 Å². The topological polar surface area (TPSA) is 61.4 Å². The number of carbonyl (C=O) groups excluding carboxylic acids is 2. The Kier molecular flexibility index (Phi) is 2.78. The number of hydrogen-bond donors (Lipinski definition) is 2. The average molecular weight is 237 g/mol. The Labute approximate surface area is 101 Å². The molecule has 0 radical (unpaired) electrons. The second kappa shape index (κ2) is 4.29. The highest BCUT2D eigenvalue weighted by molar-refractivity contribution is 5.89. The Morgan fingerprint density at radius 2 is 1.94 bits per heavy atom. The van der Waals surface area contributed by atoms with Crippen LogP contribution in [0.25, 0.3) is 0 Å². The maximum atomic E-state index is 12.1. The van der Waals surface area contributed by atoms with Gasteiger partial charge < -0.3 is 15.5 Å². The third-order valence-electron chi connectivity index (χ3n) is 3.89. The van der Waals surface area contributed by atoms with Crippen molar-refractivity contribution in [3.63, 3.8) is 0 Å². The minimum Gasteiger partial charge on any atom is -0.352 e. The van der Waals surface area contributed by atoms with Crippen molar-refractivity contribution in [3.05, 3.63) is 0 Å². The Morgan fingerprint density at radius 1 is 1.18 bits per heavy atom. The summed E-state index contributed by atoms with van der Waals surface area (Å²) >= 11 is 0. The van der Waals surface area contributed by atoms with Crippen LogP contribution in [0, 0.1) is 5.92 Å². The molecule has 2 amide bonds. The van der Waals surface area contributed by atoms with Crippen LogP contribution < -0.4 is 10.6 Å². The summed E-state index contributed by atoms with van der Waals surface area (Å²) in [4.78, 5) is 26.0. The summed E-state index contributed by atoms with van der Waals surface area (Å²) in [6.45, 7) is 2.29. The first-order valence-electron chi connectivity index (χ1n) is 6.57. The summed E-state index contributed by atoms with van der Waals surface area (Å²) in [5, 5.41) is 6.11. The molecule has 3 fully saturated rings. The molecule has 3 rings (SSSR count). The lowest BCUT2D eigenvalue weighted by Gasteiger charge is -2.32. The first-order valence-corrected chi connectivity index (χ1v) is 6.57. The maximum absolute atomic E-state index is 12.1. The monoisotopic (exact) mass is 237 g/mol. The summed E-state index contributed by atoms with van der Waals surface area (Å²) in [6, 6.07) is 0.175. The van der Waals surface area contributed by atoms with Crippen LogP contribution in [0.5, 0.6) is 0 Å². The van der Waals surface area contributed by atoms with Gasteiger partial charge in [-0.1, -0.05) is 0 Å². The average Bonchev–Trinajstić information content (AvgIpc) is 2.90. The van der Waals surface area contributed by atoms with Gasteiger partial charge in [0, 0.05) is 25.7 Å². The fourth-order valence-electron chi connectivity index (χ4n) is 2.53. The Bertz CT molecular complexity index is 337. The molecule has 0 aromatic rings. The highest BCUT2D eigenvalue weighted by Gasteiger charge is 2.39. The zero-order valence-electron chi connectivity index (χ0n) is 9.95. The highest BCUT2D eigenvalue weighted by Crippen LogP contribution is 2.24.